The molecule has 1 atom stereocenters. The minimum absolute atomic E-state index is 0.0648. The maximum Gasteiger partial charge on any atom is 0.255 e. The third kappa shape index (κ3) is 10.1. The highest BCUT2D eigenvalue weighted by atomic mass is 32.2. The summed E-state index contributed by atoms with van der Waals surface area (Å²) in [6.07, 6.45) is 2.30. The van der Waals surface area contributed by atoms with Gasteiger partial charge >= 0.3 is 0 Å². The van der Waals surface area contributed by atoms with E-state index in [0.717, 1.165) is 12.0 Å². The number of unbranched alkanes of at least 4 members (excludes halogenated alkanes) is 1. The Balaban J connectivity index is 1.09. The fraction of sp³-hybridized carbons (Fsp3) is 0.156. The van der Waals surface area contributed by atoms with Gasteiger partial charge in [0, 0.05) is 53.1 Å². The molecule has 15 heteroatoms. The van der Waals surface area contributed by atoms with E-state index in [1.807, 2.05) is 0 Å². The lowest BCUT2D eigenvalue weighted by atomic mass is 10.1. The number of nitrogens with two attached hydrogens (primary N) is 1. The fourth-order valence-corrected chi connectivity index (χ4v) is 7.73. The number of anilines is 4. The summed E-state index contributed by atoms with van der Waals surface area (Å²) in [4.78, 5) is 40.8. The first kappa shape index (κ1) is 42.4. The number of amides is 3. The summed E-state index contributed by atoms with van der Waals surface area (Å²) >= 11 is 0. The number of methoxy groups -OCH3 is 1. The van der Waals surface area contributed by atoms with Crippen LogP contribution in [0.5, 0.6) is 11.5 Å². The van der Waals surface area contributed by atoms with Crippen LogP contribution in [-0.4, -0.2) is 62.0 Å². The van der Waals surface area contributed by atoms with E-state index in [0.29, 0.717) is 58.5 Å². The summed E-state index contributed by atoms with van der Waals surface area (Å²) < 4.78 is 33.6. The molecule has 0 fully saturated rings. The number of rotatable bonds is 16. The first-order valence-corrected chi connectivity index (χ1v) is 20.2. The summed E-state index contributed by atoms with van der Waals surface area (Å²) in [6, 6.07) is 27.1. The van der Waals surface area contributed by atoms with Crippen molar-refractivity contribution in [1.82, 2.24) is 10.3 Å². The maximum absolute atomic E-state index is 14.1. The first-order chi connectivity index (χ1) is 28.9. The Labute approximate surface area is 346 Å². The van der Waals surface area contributed by atoms with Gasteiger partial charge in [-0.15, -0.1) is 0 Å². The van der Waals surface area contributed by atoms with Gasteiger partial charge in [0.2, 0.25) is 16.2 Å². The molecule has 1 heterocycles. The smallest absolute Gasteiger partial charge is 0.255 e. The molecule has 0 aliphatic rings. The highest BCUT2D eigenvalue weighted by molar-refractivity contribution is 7.91. The highest BCUT2D eigenvalue weighted by Gasteiger charge is 2.23. The molecule has 306 valence electrons. The number of carbonyl (C=O) groups excluding carboxylic acids is 3. The predicted molar refractivity (Wildman–Crippen MR) is 229 cm³/mol. The molecule has 0 unspecified atom stereocenters. The van der Waals surface area contributed by atoms with Crippen molar-refractivity contribution in [3.05, 3.63) is 137 Å². The number of aryl methyl sites for hydroxylation is 1. The number of primary amides is 1. The zero-order chi connectivity index (χ0) is 42.8. The van der Waals surface area contributed by atoms with Crippen LogP contribution in [0.25, 0.3) is 10.9 Å². The molecular formula is C45H42N6O8S. The van der Waals surface area contributed by atoms with Crippen molar-refractivity contribution in [2.24, 2.45) is 5.73 Å². The van der Waals surface area contributed by atoms with Crippen LogP contribution in [0.4, 0.5) is 22.7 Å². The Bertz CT molecular complexity index is 2750. The van der Waals surface area contributed by atoms with E-state index in [9.17, 15) is 33.0 Å². The van der Waals surface area contributed by atoms with Gasteiger partial charge in [0.15, 0.2) is 0 Å². The van der Waals surface area contributed by atoms with Gasteiger partial charge in [0.25, 0.3) is 11.8 Å². The average Bonchev–Trinajstić information content (AvgIpc) is 3.24. The summed E-state index contributed by atoms with van der Waals surface area (Å²) in [5.41, 5.74) is 9.77. The average molecular weight is 827 g/mol. The molecule has 6 aromatic rings. The van der Waals surface area contributed by atoms with Crippen LogP contribution in [0.2, 0.25) is 0 Å². The van der Waals surface area contributed by atoms with Crippen molar-refractivity contribution in [3.63, 3.8) is 0 Å². The molecule has 5 aromatic carbocycles. The van der Waals surface area contributed by atoms with Crippen molar-refractivity contribution in [2.75, 3.05) is 36.1 Å². The molecule has 0 spiro atoms. The summed E-state index contributed by atoms with van der Waals surface area (Å²) in [5, 5.41) is 32.1. The quantitative estimate of drug-likeness (QED) is 0.0252. The molecule has 3 amide bonds. The molecule has 0 aliphatic carbocycles. The van der Waals surface area contributed by atoms with E-state index in [-0.39, 0.29) is 44.6 Å². The maximum atomic E-state index is 14.1. The molecule has 0 saturated heterocycles. The van der Waals surface area contributed by atoms with Gasteiger partial charge in [-0.25, -0.2) is 8.42 Å². The Morgan fingerprint density at radius 1 is 0.950 bits per heavy atom. The van der Waals surface area contributed by atoms with Crippen LogP contribution in [0.1, 0.15) is 56.4 Å². The number of aliphatic hydroxyl groups excluding tert-OH is 1. The largest absolute Gasteiger partial charge is 0.506 e. The number of nitrogens with one attached hydrogen (secondary N) is 4. The summed E-state index contributed by atoms with van der Waals surface area (Å²) in [5.74, 6) is 5.41. The number of fused-ring (bicyclic) bond motifs is 1. The standard InChI is InChI=1S/C45H42N6O8S/c1-28-20-36(24-37-42(28)48-25-38(44(46)55)43(37)50-33-10-7-11-34(23-33)59-2)60(57,58)35-12-6-9-31(21-35)45(56)51-32-16-13-29(14-17-32)8-4-3-5-19-47-26-41(54)30-15-18-40(53)39(22-30)49-27-52/h6-7,9-18,20-25,27,41,47,53-54H,3,5,19,26H2,1-2H3,(H2,46,55)(H,48,50)(H,49,52)(H,51,56)/t41-/m0/s1. The minimum atomic E-state index is -4.18. The van der Waals surface area contributed by atoms with Crippen LogP contribution in [0, 0.1) is 18.8 Å². The minimum Gasteiger partial charge on any atom is -0.506 e. The number of sulfone groups is 1. The monoisotopic (exact) mass is 826 g/mol. The number of hydrogen-bond acceptors (Lipinski definition) is 11. The topological polar surface area (TPSA) is 222 Å². The van der Waals surface area contributed by atoms with Crippen LogP contribution < -0.4 is 31.7 Å². The number of phenols is 1. The second kappa shape index (κ2) is 19.0. The zero-order valence-corrected chi connectivity index (χ0v) is 33.5. The summed E-state index contributed by atoms with van der Waals surface area (Å²) in [7, 11) is -2.65. The molecule has 0 bridgehead atoms. The fourth-order valence-electron chi connectivity index (χ4n) is 6.31. The second-order valence-corrected chi connectivity index (χ2v) is 15.6. The Morgan fingerprint density at radius 3 is 2.48 bits per heavy atom. The van der Waals surface area contributed by atoms with Gasteiger partial charge in [-0.1, -0.05) is 30.0 Å². The predicted octanol–water partition coefficient (Wildman–Crippen LogP) is 6.21. The molecular weight excluding hydrogens is 785 g/mol. The van der Waals surface area contributed by atoms with Crippen LogP contribution in [0.15, 0.2) is 119 Å². The molecule has 0 aliphatic heterocycles. The number of pyridine rings is 1. The number of phenolic OH excluding ortho intramolecular Hbond substituents is 1. The van der Waals surface area contributed by atoms with Gasteiger partial charge < -0.3 is 42.0 Å². The Morgan fingerprint density at radius 2 is 1.73 bits per heavy atom. The van der Waals surface area contributed by atoms with Gasteiger partial charge in [-0.2, -0.15) is 0 Å². The number of aromatic nitrogens is 1. The van der Waals surface area contributed by atoms with E-state index in [2.05, 4.69) is 38.1 Å². The normalized spacial score (nSPS) is 11.5. The number of aromatic hydroxyl groups is 1. The number of carbonyl (C=O) groups is 3. The number of nitrogens with zero attached hydrogens (tertiary/aromatic N) is 1. The summed E-state index contributed by atoms with van der Waals surface area (Å²) in [6.45, 7) is 2.60. The third-order valence-corrected chi connectivity index (χ3v) is 11.2. The second-order valence-electron chi connectivity index (χ2n) is 13.6. The molecule has 0 saturated carbocycles. The number of aliphatic hydroxyl groups is 1. The van der Waals surface area contributed by atoms with E-state index in [4.69, 9.17) is 10.5 Å². The number of benzene rings is 5. The van der Waals surface area contributed by atoms with Crippen molar-refractivity contribution >= 4 is 61.7 Å². The van der Waals surface area contributed by atoms with Crippen molar-refractivity contribution in [1.29, 1.82) is 0 Å². The lowest BCUT2D eigenvalue weighted by Crippen LogP contribution is -2.22. The number of hydrogen-bond donors (Lipinski definition) is 7. The van der Waals surface area contributed by atoms with Crippen LogP contribution >= 0.6 is 0 Å². The molecule has 14 nitrogen and oxygen atoms in total. The van der Waals surface area contributed by atoms with E-state index >= 15 is 0 Å². The Kier molecular flexibility index (Phi) is 13.4. The van der Waals surface area contributed by atoms with Gasteiger partial charge in [0.05, 0.1) is 45.5 Å². The zero-order valence-electron chi connectivity index (χ0n) is 32.7. The third-order valence-electron chi connectivity index (χ3n) is 9.45. The first-order valence-electron chi connectivity index (χ1n) is 18.7. The van der Waals surface area contributed by atoms with Gasteiger partial charge in [0.1, 0.15) is 11.5 Å². The molecule has 8 N–H and O–H groups in total. The van der Waals surface area contributed by atoms with Gasteiger partial charge in [-0.3, -0.25) is 19.4 Å². The molecule has 60 heavy (non-hydrogen) atoms. The van der Waals surface area contributed by atoms with E-state index < -0.39 is 27.8 Å². The van der Waals surface area contributed by atoms with E-state index in [1.165, 1.54) is 61.8 Å². The van der Waals surface area contributed by atoms with Gasteiger partial charge in [-0.05, 0) is 110 Å². The molecule has 6 rings (SSSR count). The van der Waals surface area contributed by atoms with Crippen LogP contribution in [-0.2, 0) is 14.6 Å². The highest BCUT2D eigenvalue weighted by Crippen LogP contribution is 2.35. The lowest BCUT2D eigenvalue weighted by Gasteiger charge is -2.16. The van der Waals surface area contributed by atoms with Crippen molar-refractivity contribution in [3.8, 4) is 23.3 Å². The number of ether oxygens (including phenoxy) is 1. The van der Waals surface area contributed by atoms with E-state index in [1.54, 1.807) is 61.5 Å². The van der Waals surface area contributed by atoms with Crippen molar-refractivity contribution < 1.29 is 37.8 Å². The van der Waals surface area contributed by atoms with Crippen LogP contribution in [0.3, 0.4) is 0 Å². The molecule has 0 radical (unpaired) electrons. The SMILES string of the molecule is COc1cccc(Nc2c(C(N)=O)cnc3c(C)cc(S(=O)(=O)c4cccc(C(=O)Nc5ccc(C#CCCCNC[C@H](O)c6ccc(O)c(NC=O)c6)cc5)c4)cc23)c1. The van der Waals surface area contributed by atoms with Crippen molar-refractivity contribution in [2.45, 2.75) is 35.7 Å². The lowest BCUT2D eigenvalue weighted by molar-refractivity contribution is -0.105. The Hall–Kier alpha value is -7.25. The molecule has 1 aromatic heterocycles.